The van der Waals surface area contributed by atoms with Gasteiger partial charge in [-0.05, 0) is 30.5 Å². The van der Waals surface area contributed by atoms with Gasteiger partial charge >= 0.3 is 0 Å². The van der Waals surface area contributed by atoms with E-state index in [4.69, 9.17) is 0 Å². The fourth-order valence-corrected chi connectivity index (χ4v) is 2.53. The van der Waals surface area contributed by atoms with Gasteiger partial charge in [-0.3, -0.25) is 9.59 Å². The van der Waals surface area contributed by atoms with Crippen LogP contribution < -0.4 is 10.6 Å². The molecule has 1 aromatic rings. The lowest BCUT2D eigenvalue weighted by Gasteiger charge is -2.28. The summed E-state index contributed by atoms with van der Waals surface area (Å²) >= 11 is 0. The van der Waals surface area contributed by atoms with Gasteiger partial charge in [0, 0.05) is 19.0 Å². The number of aliphatic hydroxyl groups excluding tert-OH is 1. The minimum Gasteiger partial charge on any atom is -0.391 e. The van der Waals surface area contributed by atoms with Gasteiger partial charge in [-0.1, -0.05) is 25.0 Å². The van der Waals surface area contributed by atoms with Crippen LogP contribution in [0.4, 0.5) is 0 Å². The van der Waals surface area contributed by atoms with E-state index in [1.165, 1.54) is 6.92 Å². The van der Waals surface area contributed by atoms with E-state index in [1.54, 1.807) is 12.1 Å². The minimum absolute atomic E-state index is 0.0805. The maximum absolute atomic E-state index is 12.1. The molecule has 114 valence electrons. The fourth-order valence-electron chi connectivity index (χ4n) is 2.53. The van der Waals surface area contributed by atoms with Crippen LogP contribution in [0.1, 0.15) is 48.5 Å². The number of aliphatic hydroxyl groups is 1. The van der Waals surface area contributed by atoms with Crippen molar-refractivity contribution in [2.75, 3.05) is 0 Å². The molecule has 0 spiro atoms. The first kappa shape index (κ1) is 15.5. The van der Waals surface area contributed by atoms with Crippen LogP contribution in [0.3, 0.4) is 0 Å². The predicted molar refractivity (Wildman–Crippen MR) is 79.7 cm³/mol. The quantitative estimate of drug-likeness (QED) is 0.783. The van der Waals surface area contributed by atoms with E-state index in [0.717, 1.165) is 31.2 Å². The lowest BCUT2D eigenvalue weighted by Crippen LogP contribution is -2.45. The van der Waals surface area contributed by atoms with Crippen molar-refractivity contribution in [3.63, 3.8) is 0 Å². The highest BCUT2D eigenvalue weighted by molar-refractivity contribution is 5.94. The number of benzene rings is 1. The molecule has 0 saturated heterocycles. The summed E-state index contributed by atoms with van der Waals surface area (Å²) in [5.74, 6) is -0.241. The number of carbonyl (C=O) groups is 2. The van der Waals surface area contributed by atoms with Gasteiger partial charge in [-0.15, -0.1) is 0 Å². The maximum atomic E-state index is 12.1. The van der Waals surface area contributed by atoms with E-state index in [1.807, 2.05) is 12.1 Å². The second-order valence-electron chi connectivity index (χ2n) is 5.54. The van der Waals surface area contributed by atoms with Crippen LogP contribution in [0.2, 0.25) is 0 Å². The Morgan fingerprint density at radius 3 is 2.48 bits per heavy atom. The Morgan fingerprint density at radius 2 is 1.86 bits per heavy atom. The third kappa shape index (κ3) is 4.56. The molecule has 1 fully saturated rings. The van der Waals surface area contributed by atoms with Crippen molar-refractivity contribution < 1.29 is 14.7 Å². The predicted octanol–water partition coefficient (Wildman–Crippen LogP) is 1.36. The van der Waals surface area contributed by atoms with Crippen LogP contribution in [-0.2, 0) is 11.3 Å². The third-order valence-corrected chi connectivity index (χ3v) is 3.80. The van der Waals surface area contributed by atoms with Crippen LogP contribution in [0.5, 0.6) is 0 Å². The summed E-state index contributed by atoms with van der Waals surface area (Å²) in [6.45, 7) is 1.93. The first-order chi connectivity index (χ1) is 10.1. The Kier molecular flexibility index (Phi) is 5.33. The van der Waals surface area contributed by atoms with Gasteiger partial charge in [-0.25, -0.2) is 0 Å². The van der Waals surface area contributed by atoms with E-state index < -0.39 is 6.10 Å². The molecule has 2 rings (SSSR count). The summed E-state index contributed by atoms with van der Waals surface area (Å²) in [7, 11) is 0. The summed E-state index contributed by atoms with van der Waals surface area (Å²) in [5.41, 5.74) is 1.51. The average Bonchev–Trinajstić information content (AvgIpc) is 2.48. The molecule has 1 aliphatic carbocycles. The van der Waals surface area contributed by atoms with Gasteiger partial charge in [0.15, 0.2) is 0 Å². The molecule has 2 atom stereocenters. The van der Waals surface area contributed by atoms with Crippen LogP contribution in [0.25, 0.3) is 0 Å². The van der Waals surface area contributed by atoms with E-state index >= 15 is 0 Å². The number of carbonyl (C=O) groups excluding carboxylic acids is 2. The second kappa shape index (κ2) is 7.22. The van der Waals surface area contributed by atoms with Gasteiger partial charge in [0.05, 0.1) is 12.1 Å². The molecular formula is C16H22N2O3. The van der Waals surface area contributed by atoms with Gasteiger partial charge in [0.1, 0.15) is 0 Å². The highest BCUT2D eigenvalue weighted by Crippen LogP contribution is 2.18. The van der Waals surface area contributed by atoms with Crippen molar-refractivity contribution in [1.29, 1.82) is 0 Å². The number of hydrogen-bond donors (Lipinski definition) is 3. The van der Waals surface area contributed by atoms with Crippen molar-refractivity contribution in [1.82, 2.24) is 10.6 Å². The van der Waals surface area contributed by atoms with Gasteiger partial charge in [-0.2, -0.15) is 0 Å². The molecule has 3 N–H and O–H groups in total. The number of rotatable bonds is 4. The monoisotopic (exact) mass is 290 g/mol. The zero-order valence-electron chi connectivity index (χ0n) is 12.3. The molecule has 5 heteroatoms. The zero-order valence-corrected chi connectivity index (χ0v) is 12.3. The molecule has 5 nitrogen and oxygen atoms in total. The summed E-state index contributed by atoms with van der Waals surface area (Å²) in [6, 6.07) is 6.97. The maximum Gasteiger partial charge on any atom is 0.251 e. The molecule has 0 aliphatic heterocycles. The lowest BCUT2D eigenvalue weighted by atomic mass is 9.92. The van der Waals surface area contributed by atoms with Crippen LogP contribution in [-0.4, -0.2) is 29.1 Å². The van der Waals surface area contributed by atoms with Gasteiger partial charge in [0.2, 0.25) is 5.91 Å². The highest BCUT2D eigenvalue weighted by Gasteiger charge is 2.24. The molecule has 2 amide bonds. The van der Waals surface area contributed by atoms with Crippen molar-refractivity contribution in [2.45, 2.75) is 51.3 Å². The van der Waals surface area contributed by atoms with Crippen LogP contribution >= 0.6 is 0 Å². The fraction of sp³-hybridized carbons (Fsp3) is 0.500. The van der Waals surface area contributed by atoms with Crippen molar-refractivity contribution in [3.8, 4) is 0 Å². The molecule has 0 bridgehead atoms. The van der Waals surface area contributed by atoms with Crippen molar-refractivity contribution in [3.05, 3.63) is 35.4 Å². The summed E-state index contributed by atoms with van der Waals surface area (Å²) < 4.78 is 0. The van der Waals surface area contributed by atoms with E-state index in [9.17, 15) is 14.7 Å². The smallest absolute Gasteiger partial charge is 0.251 e. The summed E-state index contributed by atoms with van der Waals surface area (Å²) in [6.07, 6.45) is 3.19. The minimum atomic E-state index is -0.443. The molecule has 0 radical (unpaired) electrons. The molecule has 0 unspecified atom stereocenters. The number of nitrogens with one attached hydrogen (secondary N) is 2. The van der Waals surface area contributed by atoms with E-state index in [2.05, 4.69) is 10.6 Å². The Bertz CT molecular complexity index is 499. The topological polar surface area (TPSA) is 78.4 Å². The van der Waals surface area contributed by atoms with Crippen LogP contribution in [0, 0.1) is 0 Å². The largest absolute Gasteiger partial charge is 0.391 e. The molecule has 21 heavy (non-hydrogen) atoms. The molecule has 0 aromatic heterocycles. The molecular weight excluding hydrogens is 268 g/mol. The first-order valence-corrected chi connectivity index (χ1v) is 7.38. The molecule has 1 saturated carbocycles. The Hall–Kier alpha value is -1.88. The number of amides is 2. The van der Waals surface area contributed by atoms with E-state index in [-0.39, 0.29) is 17.9 Å². The van der Waals surface area contributed by atoms with Gasteiger partial charge in [0.25, 0.3) is 5.91 Å². The molecule has 1 aliphatic rings. The normalized spacial score (nSPS) is 21.6. The number of hydrogen-bond acceptors (Lipinski definition) is 3. The first-order valence-electron chi connectivity index (χ1n) is 7.38. The highest BCUT2D eigenvalue weighted by atomic mass is 16.3. The second-order valence-corrected chi connectivity index (χ2v) is 5.54. The van der Waals surface area contributed by atoms with E-state index in [0.29, 0.717) is 12.1 Å². The standard InChI is InChI=1S/C16H22N2O3/c1-11(19)17-10-12-6-8-13(9-7-12)16(21)18-14-4-2-3-5-15(14)20/h6-9,14-15,20H,2-5,10H2,1H3,(H,17,19)(H,18,21)/t14-,15-/m1/s1. The van der Waals surface area contributed by atoms with Crippen molar-refractivity contribution in [2.24, 2.45) is 0 Å². The van der Waals surface area contributed by atoms with Crippen LogP contribution in [0.15, 0.2) is 24.3 Å². The van der Waals surface area contributed by atoms with Crippen molar-refractivity contribution >= 4 is 11.8 Å². The Labute approximate surface area is 124 Å². The molecule has 1 aromatic carbocycles. The zero-order chi connectivity index (χ0) is 15.2. The Balaban J connectivity index is 1.91. The average molecular weight is 290 g/mol. The summed E-state index contributed by atoms with van der Waals surface area (Å²) in [4.78, 5) is 23.0. The Morgan fingerprint density at radius 1 is 1.19 bits per heavy atom. The molecule has 0 heterocycles. The third-order valence-electron chi connectivity index (χ3n) is 3.80. The van der Waals surface area contributed by atoms with Gasteiger partial charge < -0.3 is 15.7 Å². The lowest BCUT2D eigenvalue weighted by molar-refractivity contribution is -0.119. The SMILES string of the molecule is CC(=O)NCc1ccc(C(=O)N[C@@H]2CCCC[C@H]2O)cc1. The summed E-state index contributed by atoms with van der Waals surface area (Å²) in [5, 5.41) is 15.5.